The zero-order valence-electron chi connectivity index (χ0n) is 14.7. The zero-order chi connectivity index (χ0) is 16.2. The molecule has 4 rings (SSSR count). The smallest absolute Gasteiger partial charge is 0.399 e. The lowest BCUT2D eigenvalue weighted by atomic mass is 9.73. The number of ether oxygens (including phenoxy) is 1. The Balaban J connectivity index is 1.70. The van der Waals surface area contributed by atoms with Crippen LogP contribution in [-0.4, -0.2) is 24.9 Å². The van der Waals surface area contributed by atoms with E-state index in [0.717, 1.165) is 30.8 Å². The van der Waals surface area contributed by atoms with Gasteiger partial charge in [-0.15, -0.1) is 0 Å². The molecule has 124 valence electrons. The van der Waals surface area contributed by atoms with Gasteiger partial charge < -0.3 is 14.0 Å². The zero-order valence-corrected chi connectivity index (χ0v) is 14.7. The van der Waals surface area contributed by atoms with Gasteiger partial charge in [0.15, 0.2) is 0 Å². The molecule has 2 saturated heterocycles. The molecule has 1 saturated carbocycles. The summed E-state index contributed by atoms with van der Waals surface area (Å²) < 4.78 is 18.6. The number of hydrogen-bond acceptors (Lipinski definition) is 3. The van der Waals surface area contributed by atoms with Gasteiger partial charge in [0.25, 0.3) is 0 Å². The molecular formula is C19H27BO3. The molecule has 0 amide bonds. The molecule has 1 unspecified atom stereocenters. The molecule has 1 aliphatic carbocycles. The molecule has 0 bridgehead atoms. The van der Waals surface area contributed by atoms with E-state index in [9.17, 15) is 0 Å². The van der Waals surface area contributed by atoms with Crippen molar-refractivity contribution in [2.45, 2.75) is 76.6 Å². The third-order valence-corrected chi connectivity index (χ3v) is 5.94. The number of benzene rings is 1. The fourth-order valence-electron chi connectivity index (χ4n) is 3.55. The van der Waals surface area contributed by atoms with Crippen LogP contribution in [0.2, 0.25) is 0 Å². The average Bonchev–Trinajstić information content (AvgIpc) is 3.14. The molecule has 0 spiro atoms. The fourth-order valence-corrected chi connectivity index (χ4v) is 3.55. The van der Waals surface area contributed by atoms with Crippen LogP contribution in [0.4, 0.5) is 0 Å². The summed E-state index contributed by atoms with van der Waals surface area (Å²) in [7, 11) is -0.299. The average molecular weight is 314 g/mol. The van der Waals surface area contributed by atoms with E-state index in [-0.39, 0.29) is 24.4 Å². The summed E-state index contributed by atoms with van der Waals surface area (Å²) in [5.41, 5.74) is 3.28. The molecule has 4 heteroatoms. The topological polar surface area (TPSA) is 27.7 Å². The normalized spacial score (nSPS) is 29.2. The first-order chi connectivity index (χ1) is 10.9. The Hall–Kier alpha value is -0.835. The quantitative estimate of drug-likeness (QED) is 0.796. The standard InChI is InChI=1S/C19H27BO3/c1-18(2)19(3,4)23-20(22-18)16-10-9-14(13-7-8-13)12-15(16)17-6-5-11-21-17/h9-10,12-13,17H,5-8,11H2,1-4H3. The lowest BCUT2D eigenvalue weighted by Crippen LogP contribution is -2.41. The van der Waals surface area contributed by atoms with E-state index in [0.29, 0.717) is 0 Å². The van der Waals surface area contributed by atoms with E-state index in [1.165, 1.54) is 24.0 Å². The maximum absolute atomic E-state index is 6.29. The Kier molecular flexibility index (Phi) is 3.64. The largest absolute Gasteiger partial charge is 0.495 e. The van der Waals surface area contributed by atoms with Crippen molar-refractivity contribution >= 4 is 12.6 Å². The van der Waals surface area contributed by atoms with Crippen molar-refractivity contribution < 1.29 is 14.0 Å². The van der Waals surface area contributed by atoms with Crippen LogP contribution in [0.1, 0.15) is 76.5 Å². The highest BCUT2D eigenvalue weighted by atomic mass is 16.7. The molecule has 3 nitrogen and oxygen atoms in total. The molecule has 1 aromatic rings. The summed E-state index contributed by atoms with van der Waals surface area (Å²) in [5, 5.41) is 0. The highest BCUT2D eigenvalue weighted by molar-refractivity contribution is 6.62. The van der Waals surface area contributed by atoms with Gasteiger partial charge >= 0.3 is 7.12 Å². The molecule has 3 aliphatic rings. The summed E-state index contributed by atoms with van der Waals surface area (Å²) >= 11 is 0. The minimum absolute atomic E-state index is 0.197. The first kappa shape index (κ1) is 15.7. The van der Waals surface area contributed by atoms with Gasteiger partial charge in [-0.05, 0) is 75.9 Å². The van der Waals surface area contributed by atoms with E-state index in [2.05, 4.69) is 45.9 Å². The second-order valence-corrected chi connectivity index (χ2v) is 8.25. The van der Waals surface area contributed by atoms with Crippen LogP contribution in [-0.2, 0) is 14.0 Å². The van der Waals surface area contributed by atoms with Gasteiger partial charge in [0.1, 0.15) is 0 Å². The molecule has 3 fully saturated rings. The highest BCUT2D eigenvalue weighted by Gasteiger charge is 2.52. The van der Waals surface area contributed by atoms with Crippen molar-refractivity contribution in [3.05, 3.63) is 29.3 Å². The van der Waals surface area contributed by atoms with Gasteiger partial charge in [-0.25, -0.2) is 0 Å². The molecule has 1 atom stereocenters. The Morgan fingerprint density at radius 1 is 1.00 bits per heavy atom. The predicted molar refractivity (Wildman–Crippen MR) is 92.1 cm³/mol. The summed E-state index contributed by atoms with van der Waals surface area (Å²) in [6, 6.07) is 6.83. The summed E-state index contributed by atoms with van der Waals surface area (Å²) in [6.07, 6.45) is 5.08. The highest BCUT2D eigenvalue weighted by Crippen LogP contribution is 2.42. The Morgan fingerprint density at radius 3 is 2.26 bits per heavy atom. The van der Waals surface area contributed by atoms with Gasteiger partial charge in [-0.3, -0.25) is 0 Å². The second kappa shape index (κ2) is 5.33. The molecule has 23 heavy (non-hydrogen) atoms. The van der Waals surface area contributed by atoms with Gasteiger partial charge in [-0.2, -0.15) is 0 Å². The summed E-state index contributed by atoms with van der Waals surface area (Å²) in [4.78, 5) is 0. The van der Waals surface area contributed by atoms with Crippen molar-refractivity contribution in [3.63, 3.8) is 0 Å². The summed E-state index contributed by atoms with van der Waals surface area (Å²) in [6.45, 7) is 9.30. The SMILES string of the molecule is CC1(C)OB(c2ccc(C3CC3)cc2C2CCCO2)OC1(C)C. The lowest BCUT2D eigenvalue weighted by Gasteiger charge is -2.32. The van der Waals surface area contributed by atoms with Crippen molar-refractivity contribution in [1.82, 2.24) is 0 Å². The molecule has 0 aromatic heterocycles. The van der Waals surface area contributed by atoms with E-state index in [4.69, 9.17) is 14.0 Å². The summed E-state index contributed by atoms with van der Waals surface area (Å²) in [5.74, 6) is 0.752. The predicted octanol–water partition coefficient (Wildman–Crippen LogP) is 3.71. The van der Waals surface area contributed by atoms with Crippen LogP contribution in [0.25, 0.3) is 0 Å². The molecular weight excluding hydrogens is 287 g/mol. The van der Waals surface area contributed by atoms with Gasteiger partial charge in [0.2, 0.25) is 0 Å². The van der Waals surface area contributed by atoms with Crippen LogP contribution in [0.5, 0.6) is 0 Å². The van der Waals surface area contributed by atoms with Crippen molar-refractivity contribution in [2.75, 3.05) is 6.61 Å². The van der Waals surface area contributed by atoms with Crippen LogP contribution in [0, 0.1) is 0 Å². The Labute approximate surface area is 139 Å². The second-order valence-electron chi connectivity index (χ2n) is 8.25. The molecule has 2 heterocycles. The maximum atomic E-state index is 6.29. The van der Waals surface area contributed by atoms with Crippen LogP contribution < -0.4 is 5.46 Å². The fraction of sp³-hybridized carbons (Fsp3) is 0.684. The Morgan fingerprint density at radius 2 is 1.70 bits per heavy atom. The minimum Gasteiger partial charge on any atom is -0.399 e. The minimum atomic E-state index is -0.305. The molecule has 0 N–H and O–H groups in total. The van der Waals surface area contributed by atoms with Crippen LogP contribution in [0.15, 0.2) is 18.2 Å². The van der Waals surface area contributed by atoms with Crippen molar-refractivity contribution in [2.24, 2.45) is 0 Å². The number of rotatable bonds is 3. The van der Waals surface area contributed by atoms with E-state index < -0.39 is 0 Å². The van der Waals surface area contributed by atoms with Crippen LogP contribution >= 0.6 is 0 Å². The first-order valence-corrected chi connectivity index (χ1v) is 8.98. The monoisotopic (exact) mass is 314 g/mol. The van der Waals surface area contributed by atoms with E-state index >= 15 is 0 Å². The van der Waals surface area contributed by atoms with E-state index in [1.807, 2.05) is 0 Å². The molecule has 1 aromatic carbocycles. The molecule has 0 radical (unpaired) electrons. The van der Waals surface area contributed by atoms with Gasteiger partial charge in [-0.1, -0.05) is 18.2 Å². The van der Waals surface area contributed by atoms with Crippen molar-refractivity contribution in [3.8, 4) is 0 Å². The van der Waals surface area contributed by atoms with Gasteiger partial charge in [0, 0.05) is 6.61 Å². The maximum Gasteiger partial charge on any atom is 0.495 e. The lowest BCUT2D eigenvalue weighted by molar-refractivity contribution is 0.00578. The molecule has 2 aliphatic heterocycles. The third-order valence-electron chi connectivity index (χ3n) is 5.94. The van der Waals surface area contributed by atoms with Crippen molar-refractivity contribution in [1.29, 1.82) is 0 Å². The number of hydrogen-bond donors (Lipinski definition) is 0. The van der Waals surface area contributed by atoms with E-state index in [1.54, 1.807) is 0 Å². The Bertz CT molecular complexity index is 585. The first-order valence-electron chi connectivity index (χ1n) is 8.98. The van der Waals surface area contributed by atoms with Crippen LogP contribution in [0.3, 0.4) is 0 Å². The van der Waals surface area contributed by atoms with Gasteiger partial charge in [0.05, 0.1) is 17.3 Å². The third kappa shape index (κ3) is 2.75.